The average molecular weight is 468 g/mol. The minimum Gasteiger partial charge on any atom is -0.452 e. The maximum absolute atomic E-state index is 13.2. The molecule has 0 spiro atoms. The van der Waals surface area contributed by atoms with Crippen LogP contribution in [0.15, 0.2) is 17.0 Å². The van der Waals surface area contributed by atoms with E-state index in [0.29, 0.717) is 36.7 Å². The van der Waals surface area contributed by atoms with Gasteiger partial charge in [0.15, 0.2) is 6.61 Å². The normalized spacial score (nSPS) is 15.2. The molecular formula is C22H33N3O6S. The number of urea groups is 1. The SMILES string of the molecule is CCCCNC(=O)NC(=O)COC(=O)c1cc(C)c(C)c(S(=O)(=O)N2CCC(C)CC2)c1. The maximum atomic E-state index is 13.2. The van der Waals surface area contributed by atoms with Gasteiger partial charge in [0, 0.05) is 19.6 Å². The standard InChI is InChI=1S/C22H33N3O6S/c1-5-6-9-23-22(28)24-20(26)14-31-21(27)18-12-16(3)17(4)19(13-18)32(29,30)25-10-7-15(2)8-11-25/h12-13,15H,5-11,14H2,1-4H3,(H2,23,24,26,28). The van der Waals surface area contributed by atoms with Gasteiger partial charge in [0.1, 0.15) is 0 Å². The molecule has 1 fully saturated rings. The molecule has 1 heterocycles. The molecule has 1 aliphatic heterocycles. The van der Waals surface area contributed by atoms with Crippen LogP contribution in [-0.2, 0) is 19.6 Å². The van der Waals surface area contributed by atoms with Crippen LogP contribution >= 0.6 is 0 Å². The summed E-state index contributed by atoms with van der Waals surface area (Å²) in [5, 5.41) is 4.60. The molecule has 2 N–H and O–H groups in total. The van der Waals surface area contributed by atoms with E-state index in [1.54, 1.807) is 13.8 Å². The van der Waals surface area contributed by atoms with Gasteiger partial charge in [0.05, 0.1) is 10.5 Å². The lowest BCUT2D eigenvalue weighted by atomic mass is 10.0. The van der Waals surface area contributed by atoms with Crippen LogP contribution < -0.4 is 10.6 Å². The molecule has 1 aromatic rings. The third-order valence-corrected chi connectivity index (χ3v) is 7.64. The number of ether oxygens (including phenoxy) is 1. The highest BCUT2D eigenvalue weighted by Gasteiger charge is 2.30. The second kappa shape index (κ2) is 11.4. The van der Waals surface area contributed by atoms with E-state index >= 15 is 0 Å². The van der Waals surface area contributed by atoms with Crippen molar-refractivity contribution in [1.29, 1.82) is 0 Å². The Hall–Kier alpha value is -2.46. The van der Waals surface area contributed by atoms with Crippen LogP contribution in [0.1, 0.15) is 61.0 Å². The highest BCUT2D eigenvalue weighted by molar-refractivity contribution is 7.89. The van der Waals surface area contributed by atoms with Crippen LogP contribution in [0.3, 0.4) is 0 Å². The Morgan fingerprint density at radius 2 is 1.81 bits per heavy atom. The highest BCUT2D eigenvalue weighted by Crippen LogP contribution is 2.28. The molecule has 0 saturated carbocycles. The summed E-state index contributed by atoms with van der Waals surface area (Å²) in [6.07, 6.45) is 3.27. The van der Waals surface area contributed by atoms with Gasteiger partial charge in [-0.2, -0.15) is 4.31 Å². The second-order valence-electron chi connectivity index (χ2n) is 8.24. The third-order valence-electron chi connectivity index (χ3n) is 5.62. The smallest absolute Gasteiger partial charge is 0.338 e. The molecule has 10 heteroatoms. The molecule has 0 unspecified atom stereocenters. The van der Waals surface area contributed by atoms with Gasteiger partial charge in [-0.05, 0) is 62.3 Å². The van der Waals surface area contributed by atoms with Crippen molar-refractivity contribution in [2.75, 3.05) is 26.2 Å². The summed E-state index contributed by atoms with van der Waals surface area (Å²) in [5.74, 6) is -1.13. The molecule has 2 rings (SSSR count). The zero-order valence-corrected chi connectivity index (χ0v) is 20.0. The number of hydrogen-bond donors (Lipinski definition) is 2. The van der Waals surface area contributed by atoms with Gasteiger partial charge in [0.2, 0.25) is 10.0 Å². The molecule has 178 valence electrons. The number of rotatable bonds is 8. The van der Waals surface area contributed by atoms with Gasteiger partial charge < -0.3 is 10.1 Å². The molecule has 0 atom stereocenters. The number of benzene rings is 1. The van der Waals surface area contributed by atoms with E-state index in [0.717, 1.165) is 25.7 Å². The van der Waals surface area contributed by atoms with E-state index < -0.39 is 34.5 Å². The minimum absolute atomic E-state index is 0.0391. The minimum atomic E-state index is -3.76. The lowest BCUT2D eigenvalue weighted by molar-refractivity contribution is -0.123. The summed E-state index contributed by atoms with van der Waals surface area (Å²) >= 11 is 0. The van der Waals surface area contributed by atoms with Crippen LogP contribution in [0.5, 0.6) is 0 Å². The van der Waals surface area contributed by atoms with Gasteiger partial charge in [0.25, 0.3) is 5.91 Å². The van der Waals surface area contributed by atoms with Gasteiger partial charge in [-0.1, -0.05) is 20.3 Å². The summed E-state index contributed by atoms with van der Waals surface area (Å²) in [6, 6.07) is 2.17. The fraction of sp³-hybridized carbons (Fsp3) is 0.591. The summed E-state index contributed by atoms with van der Waals surface area (Å²) in [4.78, 5) is 36.0. The Morgan fingerprint density at radius 3 is 2.44 bits per heavy atom. The van der Waals surface area contributed by atoms with Crippen LogP contribution in [-0.4, -0.2) is 56.9 Å². The first-order valence-corrected chi connectivity index (χ1v) is 12.4. The number of amides is 3. The summed E-state index contributed by atoms with van der Waals surface area (Å²) < 4.78 is 32.9. The van der Waals surface area contributed by atoms with E-state index in [-0.39, 0.29) is 10.5 Å². The topological polar surface area (TPSA) is 122 Å². The number of aryl methyl sites for hydroxylation is 1. The van der Waals surface area contributed by atoms with Crippen molar-refractivity contribution in [3.63, 3.8) is 0 Å². The Kier molecular flexibility index (Phi) is 9.21. The zero-order valence-electron chi connectivity index (χ0n) is 19.2. The Morgan fingerprint density at radius 1 is 1.16 bits per heavy atom. The van der Waals surface area contributed by atoms with E-state index in [2.05, 4.69) is 17.6 Å². The van der Waals surface area contributed by atoms with Crippen LogP contribution in [0.2, 0.25) is 0 Å². The molecule has 0 aromatic heterocycles. The fourth-order valence-corrected chi connectivity index (χ4v) is 5.17. The molecule has 1 saturated heterocycles. The Labute approximate surface area is 189 Å². The molecule has 1 aliphatic rings. The lowest BCUT2D eigenvalue weighted by Gasteiger charge is -2.30. The highest BCUT2D eigenvalue weighted by atomic mass is 32.2. The fourth-order valence-electron chi connectivity index (χ4n) is 3.38. The van der Waals surface area contributed by atoms with Gasteiger partial charge in [-0.15, -0.1) is 0 Å². The van der Waals surface area contributed by atoms with Crippen molar-refractivity contribution in [2.24, 2.45) is 5.92 Å². The van der Waals surface area contributed by atoms with Crippen molar-refractivity contribution >= 4 is 27.9 Å². The number of sulfonamides is 1. The third kappa shape index (κ3) is 6.77. The molecule has 0 bridgehead atoms. The number of unbranched alkanes of at least 4 members (excludes halogenated alkanes) is 1. The zero-order chi connectivity index (χ0) is 23.9. The maximum Gasteiger partial charge on any atom is 0.338 e. The van der Waals surface area contributed by atoms with E-state index in [9.17, 15) is 22.8 Å². The lowest BCUT2D eigenvalue weighted by Crippen LogP contribution is -2.41. The molecule has 3 amide bonds. The summed E-state index contributed by atoms with van der Waals surface area (Å²) in [5.41, 5.74) is 1.24. The predicted molar refractivity (Wildman–Crippen MR) is 120 cm³/mol. The number of nitrogens with one attached hydrogen (secondary N) is 2. The predicted octanol–water partition coefficient (Wildman–Crippen LogP) is 2.51. The monoisotopic (exact) mass is 467 g/mol. The first-order valence-electron chi connectivity index (χ1n) is 10.9. The molecular weight excluding hydrogens is 434 g/mol. The summed E-state index contributed by atoms with van der Waals surface area (Å²) in [7, 11) is -3.76. The second-order valence-corrected chi connectivity index (χ2v) is 10.1. The number of nitrogens with zero attached hydrogens (tertiary/aromatic N) is 1. The van der Waals surface area contributed by atoms with Crippen molar-refractivity contribution < 1.29 is 27.5 Å². The number of esters is 1. The number of piperidine rings is 1. The average Bonchev–Trinajstić information content (AvgIpc) is 2.74. The van der Waals surface area contributed by atoms with Crippen molar-refractivity contribution in [3.8, 4) is 0 Å². The summed E-state index contributed by atoms with van der Waals surface area (Å²) in [6.45, 7) is 8.16. The quantitative estimate of drug-likeness (QED) is 0.447. The largest absolute Gasteiger partial charge is 0.452 e. The van der Waals surface area contributed by atoms with E-state index in [1.165, 1.54) is 16.4 Å². The number of hydrogen-bond acceptors (Lipinski definition) is 6. The van der Waals surface area contributed by atoms with Gasteiger partial charge in [-0.25, -0.2) is 18.0 Å². The Bertz CT molecular complexity index is 953. The van der Waals surface area contributed by atoms with Gasteiger partial charge in [-0.3, -0.25) is 10.1 Å². The molecule has 0 aliphatic carbocycles. The van der Waals surface area contributed by atoms with Crippen LogP contribution in [0.4, 0.5) is 4.79 Å². The van der Waals surface area contributed by atoms with Crippen LogP contribution in [0.25, 0.3) is 0 Å². The molecule has 1 aromatic carbocycles. The van der Waals surface area contributed by atoms with Crippen molar-refractivity contribution in [3.05, 3.63) is 28.8 Å². The van der Waals surface area contributed by atoms with Crippen molar-refractivity contribution in [1.82, 2.24) is 14.9 Å². The van der Waals surface area contributed by atoms with E-state index in [4.69, 9.17) is 4.74 Å². The molecule has 0 radical (unpaired) electrons. The number of imide groups is 1. The number of carbonyl (C=O) groups is 3. The van der Waals surface area contributed by atoms with Gasteiger partial charge >= 0.3 is 12.0 Å². The number of carbonyl (C=O) groups excluding carboxylic acids is 3. The molecule has 32 heavy (non-hydrogen) atoms. The van der Waals surface area contributed by atoms with E-state index in [1.807, 2.05) is 6.92 Å². The molecule has 9 nitrogen and oxygen atoms in total. The first-order chi connectivity index (χ1) is 15.1. The van der Waals surface area contributed by atoms with Crippen LogP contribution in [0, 0.1) is 19.8 Å². The first kappa shape index (κ1) is 25.8. The Balaban J connectivity index is 2.07. The van der Waals surface area contributed by atoms with Crippen molar-refractivity contribution in [2.45, 2.75) is 58.3 Å².